The molecule has 180 valence electrons. The number of nitrogens with one attached hydrogen (secondary N) is 1. The summed E-state index contributed by atoms with van der Waals surface area (Å²) in [6.45, 7) is 3.76. The molecule has 2 aromatic rings. The number of Topliss-reactive ketones (excluding diaryl/α,β-unsaturated/α-hetero) is 1. The summed E-state index contributed by atoms with van der Waals surface area (Å²) in [4.78, 5) is 25.3. The van der Waals surface area contributed by atoms with Crippen LogP contribution in [0.2, 0.25) is 10.0 Å². The number of rotatable bonds is 5. The van der Waals surface area contributed by atoms with E-state index in [-0.39, 0.29) is 35.2 Å². The molecule has 0 spiro atoms. The van der Waals surface area contributed by atoms with Crippen LogP contribution in [0, 0.1) is 16.7 Å². The zero-order chi connectivity index (χ0) is 25.3. The van der Waals surface area contributed by atoms with E-state index in [1.54, 1.807) is 42.5 Å². The van der Waals surface area contributed by atoms with Gasteiger partial charge in [-0.15, -0.1) is 0 Å². The minimum Gasteiger partial charge on any atom is -0.484 e. The molecular weight excluding hydrogens is 489 g/mol. The number of carbonyl (C=O) groups excluding carboxylic acids is 2. The van der Waals surface area contributed by atoms with Gasteiger partial charge in [0.2, 0.25) is 5.88 Å². The van der Waals surface area contributed by atoms with Gasteiger partial charge in [0.25, 0.3) is 5.91 Å². The third kappa shape index (κ3) is 5.45. The molecule has 0 aromatic heterocycles. The van der Waals surface area contributed by atoms with Gasteiger partial charge in [0.05, 0.1) is 5.92 Å². The Morgan fingerprint density at radius 3 is 2.49 bits per heavy atom. The van der Waals surface area contributed by atoms with Crippen LogP contribution in [0.5, 0.6) is 5.75 Å². The highest BCUT2D eigenvalue weighted by molar-refractivity contribution is 6.35. The lowest BCUT2D eigenvalue weighted by Crippen LogP contribution is -2.33. The van der Waals surface area contributed by atoms with Gasteiger partial charge in [-0.25, -0.2) is 0 Å². The largest absolute Gasteiger partial charge is 0.484 e. The van der Waals surface area contributed by atoms with E-state index in [1.165, 1.54) is 0 Å². The second-order valence-corrected chi connectivity index (χ2v) is 10.1. The molecule has 1 atom stereocenters. The number of hydrogen-bond donors (Lipinski definition) is 2. The molecule has 1 unspecified atom stereocenters. The summed E-state index contributed by atoms with van der Waals surface area (Å²) in [5, 5.41) is 13.2. The number of amides is 1. The maximum Gasteiger partial charge on any atom is 0.262 e. The van der Waals surface area contributed by atoms with E-state index in [0.717, 1.165) is 0 Å². The third-order valence-corrected chi connectivity index (χ3v) is 6.24. The van der Waals surface area contributed by atoms with E-state index in [1.807, 2.05) is 13.8 Å². The summed E-state index contributed by atoms with van der Waals surface area (Å²) < 4.78 is 11.3. The highest BCUT2D eigenvalue weighted by Crippen LogP contribution is 2.47. The predicted molar refractivity (Wildman–Crippen MR) is 133 cm³/mol. The molecular formula is C26H23Cl2N3O4. The molecule has 0 fully saturated rings. The van der Waals surface area contributed by atoms with E-state index in [0.29, 0.717) is 51.2 Å². The molecule has 2 aliphatic rings. The molecule has 1 heterocycles. The molecule has 9 heteroatoms. The number of nitrogens with two attached hydrogens (primary N) is 1. The van der Waals surface area contributed by atoms with E-state index in [9.17, 15) is 14.9 Å². The molecule has 0 saturated heterocycles. The molecule has 2 aromatic carbocycles. The molecule has 0 radical (unpaired) electrons. The summed E-state index contributed by atoms with van der Waals surface area (Å²) in [5.74, 6) is -0.0759. The number of halogens is 2. The van der Waals surface area contributed by atoms with Crippen molar-refractivity contribution in [1.82, 2.24) is 0 Å². The number of nitrogens with zero attached hydrogens (tertiary/aromatic N) is 1. The smallest absolute Gasteiger partial charge is 0.262 e. The average Bonchev–Trinajstić information content (AvgIpc) is 2.75. The topological polar surface area (TPSA) is 114 Å². The lowest BCUT2D eigenvalue weighted by atomic mass is 9.70. The van der Waals surface area contributed by atoms with Gasteiger partial charge in [-0.05, 0) is 41.3 Å². The SMILES string of the molecule is CC1(C)CC(=O)C2=C(C1)OC(N)=C(C#N)C2c1ccc(OCC(=O)Nc2cc(Cl)cc(Cl)c2)cc1. The fraction of sp³-hybridized carbons (Fsp3) is 0.269. The Kier molecular flexibility index (Phi) is 6.79. The number of nitriles is 1. The van der Waals surface area contributed by atoms with Crippen molar-refractivity contribution in [2.75, 3.05) is 11.9 Å². The second-order valence-electron chi connectivity index (χ2n) is 9.27. The van der Waals surface area contributed by atoms with Crippen LogP contribution in [0.4, 0.5) is 5.69 Å². The Balaban J connectivity index is 1.50. The van der Waals surface area contributed by atoms with Crippen LogP contribution in [0.15, 0.2) is 65.3 Å². The van der Waals surface area contributed by atoms with Crippen molar-refractivity contribution in [1.29, 1.82) is 5.26 Å². The van der Waals surface area contributed by atoms with E-state index >= 15 is 0 Å². The van der Waals surface area contributed by atoms with Crippen LogP contribution in [-0.2, 0) is 14.3 Å². The van der Waals surface area contributed by atoms with Gasteiger partial charge in [0.15, 0.2) is 12.4 Å². The Morgan fingerprint density at radius 1 is 1.20 bits per heavy atom. The number of ether oxygens (including phenoxy) is 2. The molecule has 1 aliphatic heterocycles. The van der Waals surface area contributed by atoms with Crippen molar-refractivity contribution in [3.8, 4) is 11.8 Å². The molecule has 1 amide bonds. The van der Waals surface area contributed by atoms with E-state index in [2.05, 4.69) is 11.4 Å². The van der Waals surface area contributed by atoms with E-state index < -0.39 is 5.92 Å². The van der Waals surface area contributed by atoms with Crippen molar-refractivity contribution >= 4 is 40.6 Å². The Labute approximate surface area is 213 Å². The summed E-state index contributed by atoms with van der Waals surface area (Å²) in [7, 11) is 0. The monoisotopic (exact) mass is 511 g/mol. The minimum absolute atomic E-state index is 0.0138. The van der Waals surface area contributed by atoms with Gasteiger partial charge in [-0.2, -0.15) is 5.26 Å². The maximum absolute atomic E-state index is 13.0. The van der Waals surface area contributed by atoms with Crippen molar-refractivity contribution in [3.05, 3.63) is 80.9 Å². The predicted octanol–water partition coefficient (Wildman–Crippen LogP) is 5.46. The standard InChI is InChI=1S/C26H23Cl2N3O4/c1-26(2)10-20(32)24-21(11-26)35-25(30)19(12-29)23(24)14-3-5-18(6-4-14)34-13-22(33)31-17-8-15(27)7-16(28)9-17/h3-9,23H,10-11,13,30H2,1-2H3,(H,31,33). The normalized spacial score (nSPS) is 18.9. The number of allylic oxidation sites excluding steroid dienone is 3. The summed E-state index contributed by atoms with van der Waals surface area (Å²) in [5.41, 5.74) is 7.65. The molecule has 3 N–H and O–H groups in total. The van der Waals surface area contributed by atoms with Crippen molar-refractivity contribution in [3.63, 3.8) is 0 Å². The lowest BCUT2D eigenvalue weighted by Gasteiger charge is -2.37. The quantitative estimate of drug-likeness (QED) is 0.550. The zero-order valence-electron chi connectivity index (χ0n) is 19.2. The second kappa shape index (κ2) is 9.65. The van der Waals surface area contributed by atoms with Gasteiger partial charge >= 0.3 is 0 Å². The number of hydrogen-bond acceptors (Lipinski definition) is 6. The molecule has 1 aliphatic carbocycles. The fourth-order valence-corrected chi connectivity index (χ4v) is 4.87. The number of anilines is 1. The van der Waals surface area contributed by atoms with Crippen LogP contribution in [-0.4, -0.2) is 18.3 Å². The molecule has 35 heavy (non-hydrogen) atoms. The molecule has 0 bridgehead atoms. The van der Waals surface area contributed by atoms with Gasteiger partial charge < -0.3 is 20.5 Å². The molecule has 0 saturated carbocycles. The van der Waals surface area contributed by atoms with Gasteiger partial charge in [0, 0.05) is 34.1 Å². The number of ketones is 1. The van der Waals surface area contributed by atoms with Crippen molar-refractivity contribution < 1.29 is 19.1 Å². The van der Waals surface area contributed by atoms with E-state index in [4.69, 9.17) is 38.4 Å². The van der Waals surface area contributed by atoms with Gasteiger partial charge in [-0.1, -0.05) is 49.2 Å². The summed E-state index contributed by atoms with van der Waals surface area (Å²) in [6.07, 6.45) is 0.913. The van der Waals surface area contributed by atoms with Crippen LogP contribution in [0.25, 0.3) is 0 Å². The highest BCUT2D eigenvalue weighted by atomic mass is 35.5. The first-order chi connectivity index (χ1) is 16.6. The Morgan fingerprint density at radius 2 is 1.86 bits per heavy atom. The number of carbonyl (C=O) groups is 2. The lowest BCUT2D eigenvalue weighted by molar-refractivity contribution is -0.119. The van der Waals surface area contributed by atoms with Gasteiger partial charge in [0.1, 0.15) is 23.2 Å². The summed E-state index contributed by atoms with van der Waals surface area (Å²) >= 11 is 11.9. The highest BCUT2D eigenvalue weighted by Gasteiger charge is 2.42. The summed E-state index contributed by atoms with van der Waals surface area (Å²) in [6, 6.07) is 13.7. The van der Waals surface area contributed by atoms with Crippen LogP contribution >= 0.6 is 23.2 Å². The minimum atomic E-state index is -0.614. The molecule has 4 rings (SSSR count). The van der Waals surface area contributed by atoms with Crippen LogP contribution in [0.1, 0.15) is 38.2 Å². The first-order valence-corrected chi connectivity index (χ1v) is 11.6. The Hall–Kier alpha value is -3.47. The van der Waals surface area contributed by atoms with Crippen molar-refractivity contribution in [2.45, 2.75) is 32.6 Å². The fourth-order valence-electron chi connectivity index (χ4n) is 4.35. The average molecular weight is 512 g/mol. The van der Waals surface area contributed by atoms with Crippen molar-refractivity contribution in [2.24, 2.45) is 11.1 Å². The first kappa shape index (κ1) is 24.6. The van der Waals surface area contributed by atoms with Gasteiger partial charge in [-0.3, -0.25) is 9.59 Å². The first-order valence-electron chi connectivity index (χ1n) is 10.9. The Bertz CT molecular complexity index is 1290. The third-order valence-electron chi connectivity index (χ3n) is 5.81. The zero-order valence-corrected chi connectivity index (χ0v) is 20.7. The van der Waals surface area contributed by atoms with Crippen LogP contribution in [0.3, 0.4) is 0 Å². The van der Waals surface area contributed by atoms with Crippen LogP contribution < -0.4 is 15.8 Å². The number of benzene rings is 2. The molecule has 7 nitrogen and oxygen atoms in total. The maximum atomic E-state index is 13.0.